The molecule has 2 heteroatoms. The van der Waals surface area contributed by atoms with Crippen molar-refractivity contribution in [2.75, 3.05) is 7.05 Å². The Morgan fingerprint density at radius 3 is 3.00 bits per heavy atom. The molecule has 1 aromatic carbocycles. The lowest BCUT2D eigenvalue weighted by Gasteiger charge is -2.15. The number of nitrogens with one attached hydrogen (secondary N) is 1. The topological polar surface area (TPSA) is 12.0 Å². The van der Waals surface area contributed by atoms with Gasteiger partial charge in [-0.05, 0) is 43.5 Å². The van der Waals surface area contributed by atoms with Gasteiger partial charge in [0.05, 0.1) is 0 Å². The van der Waals surface area contributed by atoms with E-state index >= 15 is 0 Å². The SMILES string of the molecule is CNCc1cccc2c1CCC2(C)F. The van der Waals surface area contributed by atoms with E-state index in [-0.39, 0.29) is 0 Å². The molecule has 0 saturated heterocycles. The molecule has 1 atom stereocenters. The van der Waals surface area contributed by atoms with Gasteiger partial charge in [0.1, 0.15) is 5.67 Å². The lowest BCUT2D eigenvalue weighted by Crippen LogP contribution is -2.11. The van der Waals surface area contributed by atoms with Gasteiger partial charge in [0, 0.05) is 6.54 Å². The van der Waals surface area contributed by atoms with Gasteiger partial charge in [0.2, 0.25) is 0 Å². The summed E-state index contributed by atoms with van der Waals surface area (Å²) in [6.45, 7) is 2.52. The average Bonchev–Trinajstić information content (AvgIpc) is 2.45. The van der Waals surface area contributed by atoms with Crippen LogP contribution in [-0.2, 0) is 18.6 Å². The first-order valence-electron chi connectivity index (χ1n) is 5.10. The van der Waals surface area contributed by atoms with Crippen LogP contribution in [0.25, 0.3) is 0 Å². The molecule has 0 saturated carbocycles. The van der Waals surface area contributed by atoms with E-state index < -0.39 is 5.67 Å². The van der Waals surface area contributed by atoms with Gasteiger partial charge in [-0.2, -0.15) is 0 Å². The lowest BCUT2D eigenvalue weighted by atomic mass is 9.98. The zero-order valence-corrected chi connectivity index (χ0v) is 8.73. The Labute approximate surface area is 84.3 Å². The highest BCUT2D eigenvalue weighted by Gasteiger charge is 2.34. The first-order chi connectivity index (χ1) is 6.65. The highest BCUT2D eigenvalue weighted by molar-refractivity contribution is 5.42. The third-order valence-corrected chi connectivity index (χ3v) is 3.05. The van der Waals surface area contributed by atoms with Crippen molar-refractivity contribution in [1.82, 2.24) is 5.32 Å². The van der Waals surface area contributed by atoms with Gasteiger partial charge in [-0.15, -0.1) is 0 Å². The van der Waals surface area contributed by atoms with E-state index in [0.717, 1.165) is 18.5 Å². The Morgan fingerprint density at radius 2 is 2.29 bits per heavy atom. The van der Waals surface area contributed by atoms with E-state index in [1.54, 1.807) is 6.92 Å². The summed E-state index contributed by atoms with van der Waals surface area (Å²) >= 11 is 0. The van der Waals surface area contributed by atoms with Crippen LogP contribution >= 0.6 is 0 Å². The number of halogens is 1. The number of alkyl halides is 1. The summed E-state index contributed by atoms with van der Waals surface area (Å²) in [4.78, 5) is 0. The van der Waals surface area contributed by atoms with Gasteiger partial charge < -0.3 is 5.32 Å². The maximum Gasteiger partial charge on any atom is 0.133 e. The largest absolute Gasteiger partial charge is 0.316 e. The van der Waals surface area contributed by atoms with Crippen LogP contribution in [0, 0.1) is 0 Å². The summed E-state index contributed by atoms with van der Waals surface area (Å²) in [6, 6.07) is 5.95. The van der Waals surface area contributed by atoms with E-state index in [2.05, 4.69) is 11.4 Å². The molecular formula is C12H16FN. The molecule has 0 bridgehead atoms. The van der Waals surface area contributed by atoms with E-state index in [0.29, 0.717) is 6.42 Å². The van der Waals surface area contributed by atoms with Crippen LogP contribution in [0.1, 0.15) is 30.0 Å². The van der Waals surface area contributed by atoms with E-state index in [1.165, 1.54) is 11.1 Å². The van der Waals surface area contributed by atoms with Crippen LogP contribution in [0.2, 0.25) is 0 Å². The van der Waals surface area contributed by atoms with Crippen molar-refractivity contribution in [3.63, 3.8) is 0 Å². The number of benzene rings is 1. The lowest BCUT2D eigenvalue weighted by molar-refractivity contribution is 0.194. The maximum atomic E-state index is 14.0. The molecule has 0 amide bonds. The molecule has 0 spiro atoms. The summed E-state index contributed by atoms with van der Waals surface area (Å²) in [5.74, 6) is 0. The second kappa shape index (κ2) is 3.35. The Hall–Kier alpha value is -0.890. The minimum atomic E-state index is -1.11. The quantitative estimate of drug-likeness (QED) is 0.761. The van der Waals surface area contributed by atoms with Crippen LogP contribution in [0.4, 0.5) is 4.39 Å². The Kier molecular flexibility index (Phi) is 2.31. The van der Waals surface area contributed by atoms with E-state index in [9.17, 15) is 4.39 Å². The zero-order valence-electron chi connectivity index (χ0n) is 8.73. The normalized spacial score (nSPS) is 25.1. The molecule has 1 N–H and O–H groups in total. The fourth-order valence-corrected chi connectivity index (χ4v) is 2.27. The summed E-state index contributed by atoms with van der Waals surface area (Å²) in [7, 11) is 1.92. The molecule has 1 nitrogen and oxygen atoms in total. The third-order valence-electron chi connectivity index (χ3n) is 3.05. The van der Waals surface area contributed by atoms with Gasteiger partial charge in [-0.25, -0.2) is 4.39 Å². The van der Waals surface area contributed by atoms with Crippen LogP contribution in [0.3, 0.4) is 0 Å². The van der Waals surface area contributed by atoms with E-state index in [1.807, 2.05) is 19.2 Å². The molecule has 1 unspecified atom stereocenters. The standard InChI is InChI=1S/C12H16FN/c1-12(13)7-6-10-9(8-14-2)4-3-5-11(10)12/h3-5,14H,6-8H2,1-2H3. The van der Waals surface area contributed by atoms with Gasteiger partial charge >= 0.3 is 0 Å². The predicted octanol–water partition coefficient (Wildman–Crippen LogP) is 2.54. The first kappa shape index (κ1) is 9.66. The fourth-order valence-electron chi connectivity index (χ4n) is 2.27. The predicted molar refractivity (Wildman–Crippen MR) is 56.0 cm³/mol. The van der Waals surface area contributed by atoms with Crippen molar-refractivity contribution in [3.05, 3.63) is 34.9 Å². The molecule has 1 aromatic rings. The summed E-state index contributed by atoms with van der Waals surface area (Å²) < 4.78 is 14.0. The van der Waals surface area contributed by atoms with Gasteiger partial charge in [0.15, 0.2) is 0 Å². The molecular weight excluding hydrogens is 177 g/mol. The number of rotatable bonds is 2. The van der Waals surface area contributed by atoms with Crippen LogP contribution in [-0.4, -0.2) is 7.05 Å². The molecule has 0 radical (unpaired) electrons. The summed E-state index contributed by atoms with van der Waals surface area (Å²) in [5, 5.41) is 3.12. The first-order valence-corrected chi connectivity index (χ1v) is 5.10. The highest BCUT2D eigenvalue weighted by Crippen LogP contribution is 2.40. The molecule has 1 aliphatic rings. The van der Waals surface area contributed by atoms with Crippen LogP contribution < -0.4 is 5.32 Å². The Bertz CT molecular complexity index is 344. The van der Waals surface area contributed by atoms with Crippen molar-refractivity contribution < 1.29 is 4.39 Å². The Morgan fingerprint density at radius 1 is 1.50 bits per heavy atom. The number of hydrogen-bond donors (Lipinski definition) is 1. The molecule has 2 rings (SSSR count). The smallest absolute Gasteiger partial charge is 0.133 e. The number of fused-ring (bicyclic) bond motifs is 1. The molecule has 0 fully saturated rings. The van der Waals surface area contributed by atoms with Crippen molar-refractivity contribution in [2.45, 2.75) is 32.0 Å². The molecule has 1 aliphatic carbocycles. The number of hydrogen-bond acceptors (Lipinski definition) is 1. The monoisotopic (exact) mass is 193 g/mol. The minimum Gasteiger partial charge on any atom is -0.316 e. The van der Waals surface area contributed by atoms with Gasteiger partial charge in [-0.3, -0.25) is 0 Å². The van der Waals surface area contributed by atoms with Crippen molar-refractivity contribution in [1.29, 1.82) is 0 Å². The van der Waals surface area contributed by atoms with E-state index in [4.69, 9.17) is 0 Å². The third kappa shape index (κ3) is 1.44. The molecule has 0 aliphatic heterocycles. The van der Waals surface area contributed by atoms with Crippen molar-refractivity contribution in [2.24, 2.45) is 0 Å². The zero-order chi connectivity index (χ0) is 10.2. The van der Waals surface area contributed by atoms with Gasteiger partial charge in [0.25, 0.3) is 0 Å². The van der Waals surface area contributed by atoms with Crippen molar-refractivity contribution in [3.8, 4) is 0 Å². The van der Waals surface area contributed by atoms with Gasteiger partial charge in [-0.1, -0.05) is 18.2 Å². The molecule has 0 aromatic heterocycles. The van der Waals surface area contributed by atoms with Crippen LogP contribution in [0.15, 0.2) is 18.2 Å². The van der Waals surface area contributed by atoms with Crippen molar-refractivity contribution >= 4 is 0 Å². The fraction of sp³-hybridized carbons (Fsp3) is 0.500. The average molecular weight is 193 g/mol. The molecule has 76 valence electrons. The van der Waals surface area contributed by atoms with Crippen LogP contribution in [0.5, 0.6) is 0 Å². The second-order valence-electron chi connectivity index (χ2n) is 4.17. The minimum absolute atomic E-state index is 0.628. The maximum absolute atomic E-state index is 14.0. The highest BCUT2D eigenvalue weighted by atomic mass is 19.1. The Balaban J connectivity index is 2.45. The summed E-state index contributed by atoms with van der Waals surface area (Å²) in [6.07, 6.45) is 1.50. The summed E-state index contributed by atoms with van der Waals surface area (Å²) in [5.41, 5.74) is 2.24. The molecule has 0 heterocycles. The molecule has 14 heavy (non-hydrogen) atoms. The second-order valence-corrected chi connectivity index (χ2v) is 4.17.